The van der Waals surface area contributed by atoms with Gasteiger partial charge in [-0.3, -0.25) is 4.79 Å². The fourth-order valence-corrected chi connectivity index (χ4v) is 1.01. The van der Waals surface area contributed by atoms with Crippen LogP contribution in [0.5, 0.6) is 0 Å². The first-order chi connectivity index (χ1) is 6.24. The number of nitrogens with one attached hydrogen (secondary N) is 1. The lowest BCUT2D eigenvalue weighted by Gasteiger charge is -2.03. The first-order valence-corrected chi connectivity index (χ1v) is 4.15. The van der Waals surface area contributed by atoms with Crippen LogP contribution in [0.3, 0.4) is 0 Å². The van der Waals surface area contributed by atoms with Crippen LogP contribution in [0.2, 0.25) is 0 Å². The van der Waals surface area contributed by atoms with Crippen LogP contribution >= 0.6 is 0 Å². The zero-order valence-corrected chi connectivity index (χ0v) is 7.51. The molecule has 1 N–H and O–H groups in total. The van der Waals surface area contributed by atoms with Crippen LogP contribution in [-0.2, 0) is 0 Å². The van der Waals surface area contributed by atoms with Gasteiger partial charge in [-0.25, -0.2) is 4.39 Å². The van der Waals surface area contributed by atoms with Gasteiger partial charge < -0.3 is 5.32 Å². The summed E-state index contributed by atoms with van der Waals surface area (Å²) in [6.45, 7) is 1.43. The molecule has 2 nitrogen and oxygen atoms in total. The van der Waals surface area contributed by atoms with E-state index in [1.807, 2.05) is 0 Å². The Morgan fingerprint density at radius 3 is 2.46 bits per heavy atom. The van der Waals surface area contributed by atoms with Crippen molar-refractivity contribution in [3.8, 4) is 0 Å². The van der Waals surface area contributed by atoms with Crippen LogP contribution in [-0.4, -0.2) is 19.0 Å². The molecule has 0 spiro atoms. The maximum Gasteiger partial charge on any atom is 0.159 e. The number of hydrogen-bond donors (Lipinski definition) is 1. The Kier molecular flexibility index (Phi) is 3.43. The summed E-state index contributed by atoms with van der Waals surface area (Å²) in [4.78, 5) is 10.9. The van der Waals surface area contributed by atoms with Crippen LogP contribution < -0.4 is 5.32 Å². The molecule has 13 heavy (non-hydrogen) atoms. The number of rotatable bonds is 4. The minimum atomic E-state index is -0.394. The second kappa shape index (κ2) is 4.60. The molecule has 0 bridgehead atoms. The molecule has 0 saturated carbocycles. The van der Waals surface area contributed by atoms with Gasteiger partial charge in [0.05, 0.1) is 0 Å². The Balaban J connectivity index is 2.64. The minimum absolute atomic E-state index is 0.0389. The van der Waals surface area contributed by atoms with Gasteiger partial charge in [-0.2, -0.15) is 0 Å². The van der Waals surface area contributed by atoms with Crippen molar-refractivity contribution in [3.63, 3.8) is 0 Å². The second-order valence-electron chi connectivity index (χ2n) is 2.75. The summed E-state index contributed by atoms with van der Waals surface area (Å²) >= 11 is 0. The Morgan fingerprint density at radius 2 is 2.00 bits per heavy atom. The maximum absolute atomic E-state index is 11.8. The first kappa shape index (κ1) is 9.71. The fraction of sp³-hybridized carbons (Fsp3) is 0.300. The van der Waals surface area contributed by atoms with Gasteiger partial charge in [0.2, 0.25) is 0 Å². The summed E-state index contributed by atoms with van der Waals surface area (Å²) in [7, 11) is 0. The molecule has 0 aliphatic rings. The van der Waals surface area contributed by atoms with E-state index in [0.29, 0.717) is 12.1 Å². The molecule has 0 aliphatic carbocycles. The van der Waals surface area contributed by atoms with Crippen LogP contribution in [0, 0.1) is 0 Å². The molecule has 0 heterocycles. The van der Waals surface area contributed by atoms with Gasteiger partial charge in [0, 0.05) is 17.8 Å². The molecule has 70 valence electrons. The topological polar surface area (TPSA) is 29.1 Å². The highest BCUT2D eigenvalue weighted by molar-refractivity contribution is 5.94. The molecule has 0 radical (unpaired) electrons. The molecular formula is C10H12FNO. The van der Waals surface area contributed by atoms with Crippen molar-refractivity contribution in [1.29, 1.82) is 0 Å². The van der Waals surface area contributed by atoms with E-state index in [-0.39, 0.29) is 5.78 Å². The van der Waals surface area contributed by atoms with Gasteiger partial charge in [0.1, 0.15) is 6.67 Å². The summed E-state index contributed by atoms with van der Waals surface area (Å²) in [6, 6.07) is 6.99. The Morgan fingerprint density at radius 1 is 1.38 bits per heavy atom. The molecule has 0 aromatic heterocycles. The average Bonchev–Trinajstić information content (AvgIpc) is 2.15. The number of alkyl halides is 1. The smallest absolute Gasteiger partial charge is 0.159 e. The molecule has 1 rings (SSSR count). The largest absolute Gasteiger partial charge is 0.382 e. The van der Waals surface area contributed by atoms with E-state index in [0.717, 1.165) is 5.69 Å². The number of carbonyl (C=O) groups is 1. The zero-order valence-electron chi connectivity index (χ0n) is 7.51. The SMILES string of the molecule is CC(=O)c1ccc(NCCF)cc1. The van der Waals surface area contributed by atoms with Crippen molar-refractivity contribution >= 4 is 11.5 Å². The van der Waals surface area contributed by atoms with E-state index in [2.05, 4.69) is 5.32 Å². The van der Waals surface area contributed by atoms with Crippen molar-refractivity contribution in [2.75, 3.05) is 18.5 Å². The summed E-state index contributed by atoms with van der Waals surface area (Å²) in [5, 5.41) is 2.87. The van der Waals surface area contributed by atoms with E-state index in [1.54, 1.807) is 24.3 Å². The average molecular weight is 181 g/mol. The molecule has 0 atom stereocenters. The monoisotopic (exact) mass is 181 g/mol. The number of Topliss-reactive ketones (excluding diaryl/α,β-unsaturated/α-hetero) is 1. The van der Waals surface area contributed by atoms with Gasteiger partial charge >= 0.3 is 0 Å². The summed E-state index contributed by atoms with van der Waals surface area (Å²) in [5.74, 6) is 0.0389. The van der Waals surface area contributed by atoms with Gasteiger partial charge in [0.15, 0.2) is 5.78 Å². The highest BCUT2D eigenvalue weighted by Gasteiger charge is 1.97. The summed E-state index contributed by atoms with van der Waals surface area (Å²) in [5.41, 5.74) is 1.51. The van der Waals surface area contributed by atoms with Gasteiger partial charge in [-0.1, -0.05) is 0 Å². The fourth-order valence-electron chi connectivity index (χ4n) is 1.01. The third kappa shape index (κ3) is 2.86. The number of hydrogen-bond acceptors (Lipinski definition) is 2. The first-order valence-electron chi connectivity index (χ1n) is 4.15. The standard InChI is InChI=1S/C10H12FNO/c1-8(13)9-2-4-10(5-3-9)12-7-6-11/h2-5,12H,6-7H2,1H3. The number of carbonyl (C=O) groups excluding carboxylic acids is 1. The van der Waals surface area contributed by atoms with E-state index in [1.165, 1.54) is 6.92 Å². The van der Waals surface area contributed by atoms with Crippen molar-refractivity contribution < 1.29 is 9.18 Å². The van der Waals surface area contributed by atoms with Crippen molar-refractivity contribution in [2.45, 2.75) is 6.92 Å². The zero-order chi connectivity index (χ0) is 9.68. The van der Waals surface area contributed by atoms with Crippen molar-refractivity contribution in [3.05, 3.63) is 29.8 Å². The van der Waals surface area contributed by atoms with Gasteiger partial charge in [-0.05, 0) is 31.2 Å². The number of halogens is 1. The van der Waals surface area contributed by atoms with E-state index in [9.17, 15) is 9.18 Å². The predicted molar refractivity (Wildman–Crippen MR) is 50.9 cm³/mol. The van der Waals surface area contributed by atoms with Crippen LogP contribution in [0.15, 0.2) is 24.3 Å². The van der Waals surface area contributed by atoms with E-state index < -0.39 is 6.67 Å². The van der Waals surface area contributed by atoms with E-state index >= 15 is 0 Å². The van der Waals surface area contributed by atoms with Crippen molar-refractivity contribution in [2.24, 2.45) is 0 Å². The number of anilines is 1. The van der Waals surface area contributed by atoms with Crippen LogP contribution in [0.1, 0.15) is 17.3 Å². The molecule has 0 aliphatic heterocycles. The van der Waals surface area contributed by atoms with Gasteiger partial charge in [-0.15, -0.1) is 0 Å². The molecule has 0 saturated heterocycles. The quantitative estimate of drug-likeness (QED) is 0.722. The van der Waals surface area contributed by atoms with Crippen LogP contribution in [0.4, 0.5) is 10.1 Å². The van der Waals surface area contributed by atoms with Gasteiger partial charge in [0.25, 0.3) is 0 Å². The Hall–Kier alpha value is -1.38. The predicted octanol–water partition coefficient (Wildman–Crippen LogP) is 2.27. The van der Waals surface area contributed by atoms with Crippen molar-refractivity contribution in [1.82, 2.24) is 0 Å². The third-order valence-corrected chi connectivity index (χ3v) is 1.72. The number of benzene rings is 1. The highest BCUT2D eigenvalue weighted by Crippen LogP contribution is 2.09. The van der Waals surface area contributed by atoms with E-state index in [4.69, 9.17) is 0 Å². The highest BCUT2D eigenvalue weighted by atomic mass is 19.1. The van der Waals surface area contributed by atoms with Crippen LogP contribution in [0.25, 0.3) is 0 Å². The lowest BCUT2D eigenvalue weighted by Crippen LogP contribution is -2.03. The molecule has 0 unspecified atom stereocenters. The normalized spacial score (nSPS) is 9.69. The lowest BCUT2D eigenvalue weighted by atomic mass is 10.1. The Labute approximate surface area is 76.8 Å². The molecule has 3 heteroatoms. The molecule has 1 aromatic rings. The summed E-state index contributed by atoms with van der Waals surface area (Å²) < 4.78 is 11.8. The lowest BCUT2D eigenvalue weighted by molar-refractivity contribution is 0.101. The number of ketones is 1. The minimum Gasteiger partial charge on any atom is -0.382 e. The molecule has 0 amide bonds. The molecular weight excluding hydrogens is 169 g/mol. The maximum atomic E-state index is 11.8. The summed E-state index contributed by atoms with van der Waals surface area (Å²) in [6.07, 6.45) is 0. The Bertz CT molecular complexity index is 281. The molecule has 0 fully saturated rings. The third-order valence-electron chi connectivity index (χ3n) is 1.72. The molecule has 1 aromatic carbocycles. The second-order valence-corrected chi connectivity index (χ2v) is 2.75.